The number of hydrogen-bond acceptors (Lipinski definition) is 3. The van der Waals surface area contributed by atoms with Gasteiger partial charge in [-0.25, -0.2) is 4.39 Å². The van der Waals surface area contributed by atoms with Crippen LogP contribution < -0.4 is 15.8 Å². The Bertz CT molecular complexity index is 394. The molecule has 4 heteroatoms. The summed E-state index contributed by atoms with van der Waals surface area (Å²) in [6.45, 7) is 6.49. The lowest BCUT2D eigenvalue weighted by molar-refractivity contribution is 0.387. The first kappa shape index (κ1) is 14.6. The smallest absolute Gasteiger partial charge is 0.167 e. The van der Waals surface area contributed by atoms with Crippen LogP contribution in [0, 0.1) is 11.7 Å². The topological polar surface area (TPSA) is 47.3 Å². The lowest BCUT2D eigenvalue weighted by Crippen LogP contribution is -2.17. The number of hydrogen-bond donors (Lipinski definition) is 2. The van der Waals surface area contributed by atoms with Crippen LogP contribution in [0.15, 0.2) is 12.1 Å². The standard InChI is InChI=1S/C14H23FN2O/c1-9(2)5-6-10(3)17-13-8-14(18-4)11(15)7-12(13)16/h7-10,17H,5-6,16H2,1-4H3. The molecule has 0 fully saturated rings. The fraction of sp³-hybridized carbons (Fsp3) is 0.571. The van der Waals surface area contributed by atoms with Gasteiger partial charge in [0.2, 0.25) is 0 Å². The Balaban J connectivity index is 2.71. The van der Waals surface area contributed by atoms with Crippen molar-refractivity contribution in [3.8, 4) is 5.75 Å². The highest BCUT2D eigenvalue weighted by molar-refractivity contribution is 5.68. The largest absolute Gasteiger partial charge is 0.494 e. The number of benzene rings is 1. The molecule has 0 bridgehead atoms. The first-order valence-corrected chi connectivity index (χ1v) is 6.33. The average molecular weight is 254 g/mol. The highest BCUT2D eigenvalue weighted by Crippen LogP contribution is 2.28. The van der Waals surface area contributed by atoms with Crippen molar-refractivity contribution in [2.24, 2.45) is 5.92 Å². The van der Waals surface area contributed by atoms with Crippen molar-refractivity contribution in [2.45, 2.75) is 39.7 Å². The molecule has 0 saturated carbocycles. The van der Waals surface area contributed by atoms with Gasteiger partial charge in [0.05, 0.1) is 18.5 Å². The molecule has 0 heterocycles. The summed E-state index contributed by atoms with van der Waals surface area (Å²) in [5, 5.41) is 3.30. The Hall–Kier alpha value is -1.45. The maximum absolute atomic E-state index is 13.4. The van der Waals surface area contributed by atoms with Crippen LogP contribution in [0.2, 0.25) is 0 Å². The third-order valence-corrected chi connectivity index (χ3v) is 2.90. The minimum absolute atomic E-state index is 0.211. The number of nitrogen functional groups attached to an aromatic ring is 1. The highest BCUT2D eigenvalue weighted by Gasteiger charge is 2.10. The number of halogens is 1. The van der Waals surface area contributed by atoms with Crippen LogP contribution in [0.4, 0.5) is 15.8 Å². The van der Waals surface area contributed by atoms with Crippen molar-refractivity contribution in [3.63, 3.8) is 0 Å². The molecule has 0 aliphatic heterocycles. The molecular weight excluding hydrogens is 231 g/mol. The molecule has 1 rings (SSSR count). The Morgan fingerprint density at radius 3 is 2.50 bits per heavy atom. The molecule has 3 nitrogen and oxygen atoms in total. The summed E-state index contributed by atoms with van der Waals surface area (Å²) in [7, 11) is 1.45. The fourth-order valence-electron chi connectivity index (χ4n) is 1.77. The average Bonchev–Trinajstić information content (AvgIpc) is 2.30. The third kappa shape index (κ3) is 4.09. The second-order valence-electron chi connectivity index (χ2n) is 5.09. The van der Waals surface area contributed by atoms with E-state index in [-0.39, 0.29) is 5.75 Å². The summed E-state index contributed by atoms with van der Waals surface area (Å²) >= 11 is 0. The number of ether oxygens (including phenoxy) is 1. The Morgan fingerprint density at radius 1 is 1.28 bits per heavy atom. The molecule has 1 aromatic rings. The van der Waals surface area contributed by atoms with E-state index in [2.05, 4.69) is 26.1 Å². The van der Waals surface area contributed by atoms with Crippen molar-refractivity contribution in [3.05, 3.63) is 17.9 Å². The highest BCUT2D eigenvalue weighted by atomic mass is 19.1. The SMILES string of the molecule is COc1cc(NC(C)CCC(C)C)c(N)cc1F. The molecule has 3 N–H and O–H groups in total. The minimum atomic E-state index is -0.435. The van der Waals surface area contributed by atoms with Gasteiger partial charge in [-0.1, -0.05) is 13.8 Å². The summed E-state index contributed by atoms with van der Waals surface area (Å²) in [5.41, 5.74) is 6.92. The van der Waals surface area contributed by atoms with E-state index in [9.17, 15) is 4.39 Å². The second kappa shape index (κ2) is 6.47. The van der Waals surface area contributed by atoms with E-state index >= 15 is 0 Å². The number of rotatable bonds is 6. The Kier molecular flexibility index (Phi) is 5.25. The minimum Gasteiger partial charge on any atom is -0.494 e. The van der Waals surface area contributed by atoms with E-state index in [0.29, 0.717) is 17.6 Å². The van der Waals surface area contributed by atoms with Crippen molar-refractivity contribution < 1.29 is 9.13 Å². The van der Waals surface area contributed by atoms with Crippen LogP contribution in [0.3, 0.4) is 0 Å². The van der Waals surface area contributed by atoms with Crippen LogP contribution in [0.25, 0.3) is 0 Å². The van der Waals surface area contributed by atoms with E-state index < -0.39 is 5.82 Å². The maximum Gasteiger partial charge on any atom is 0.167 e. The summed E-state index contributed by atoms with van der Waals surface area (Å²) in [6.07, 6.45) is 2.20. The number of nitrogens with two attached hydrogens (primary N) is 1. The fourth-order valence-corrected chi connectivity index (χ4v) is 1.77. The van der Waals surface area contributed by atoms with Gasteiger partial charge in [0.1, 0.15) is 0 Å². The van der Waals surface area contributed by atoms with Crippen molar-refractivity contribution >= 4 is 11.4 Å². The maximum atomic E-state index is 13.4. The van der Waals surface area contributed by atoms with E-state index in [4.69, 9.17) is 10.5 Å². The quantitative estimate of drug-likeness (QED) is 0.762. The summed E-state index contributed by atoms with van der Waals surface area (Å²) in [4.78, 5) is 0. The molecule has 0 aromatic heterocycles. The number of methoxy groups -OCH3 is 1. The summed E-state index contributed by atoms with van der Waals surface area (Å²) in [5.74, 6) is 0.451. The van der Waals surface area contributed by atoms with Gasteiger partial charge in [0.15, 0.2) is 11.6 Å². The zero-order valence-corrected chi connectivity index (χ0v) is 11.6. The summed E-state index contributed by atoms with van der Waals surface area (Å²) in [6, 6.07) is 3.19. The molecule has 0 saturated heterocycles. The van der Waals surface area contributed by atoms with Crippen molar-refractivity contribution in [2.75, 3.05) is 18.2 Å². The predicted molar refractivity (Wildman–Crippen MR) is 74.5 cm³/mol. The monoisotopic (exact) mass is 254 g/mol. The van der Waals surface area contributed by atoms with Crippen LogP contribution >= 0.6 is 0 Å². The Labute approximate surface area is 109 Å². The molecular formula is C14H23FN2O. The third-order valence-electron chi connectivity index (χ3n) is 2.90. The lowest BCUT2D eigenvalue weighted by atomic mass is 10.0. The molecule has 1 unspecified atom stereocenters. The van der Waals surface area contributed by atoms with Gasteiger partial charge in [-0.2, -0.15) is 0 Å². The van der Waals surface area contributed by atoms with Crippen molar-refractivity contribution in [1.82, 2.24) is 0 Å². The number of anilines is 2. The molecule has 102 valence electrons. The molecule has 0 amide bonds. The molecule has 0 radical (unpaired) electrons. The molecule has 1 atom stereocenters. The van der Waals surface area contributed by atoms with Gasteiger partial charge in [-0.3, -0.25) is 0 Å². The Morgan fingerprint density at radius 2 is 1.94 bits per heavy atom. The molecule has 1 aromatic carbocycles. The van der Waals surface area contributed by atoms with Crippen molar-refractivity contribution in [1.29, 1.82) is 0 Å². The van der Waals surface area contributed by atoms with E-state index in [1.54, 1.807) is 6.07 Å². The normalized spacial score (nSPS) is 12.6. The predicted octanol–water partition coefficient (Wildman–Crippen LogP) is 3.65. The van der Waals surface area contributed by atoms with Gasteiger partial charge in [-0.15, -0.1) is 0 Å². The zero-order valence-electron chi connectivity index (χ0n) is 11.6. The van der Waals surface area contributed by atoms with Gasteiger partial charge < -0.3 is 15.8 Å². The van der Waals surface area contributed by atoms with Crippen LogP contribution in [0.5, 0.6) is 5.75 Å². The molecule has 0 aliphatic rings. The first-order valence-electron chi connectivity index (χ1n) is 6.33. The van der Waals surface area contributed by atoms with Crippen LogP contribution in [0.1, 0.15) is 33.6 Å². The van der Waals surface area contributed by atoms with E-state index in [0.717, 1.165) is 18.5 Å². The zero-order chi connectivity index (χ0) is 13.7. The van der Waals surface area contributed by atoms with Crippen LogP contribution in [-0.4, -0.2) is 13.2 Å². The second-order valence-corrected chi connectivity index (χ2v) is 5.09. The van der Waals surface area contributed by atoms with Gasteiger partial charge in [-0.05, 0) is 25.7 Å². The summed E-state index contributed by atoms with van der Waals surface area (Å²) < 4.78 is 18.3. The van der Waals surface area contributed by atoms with Crippen LogP contribution in [-0.2, 0) is 0 Å². The van der Waals surface area contributed by atoms with Gasteiger partial charge >= 0.3 is 0 Å². The van der Waals surface area contributed by atoms with Gasteiger partial charge in [0, 0.05) is 18.2 Å². The van der Waals surface area contributed by atoms with E-state index in [1.165, 1.54) is 13.2 Å². The molecule has 0 spiro atoms. The van der Waals surface area contributed by atoms with Gasteiger partial charge in [0.25, 0.3) is 0 Å². The lowest BCUT2D eigenvalue weighted by Gasteiger charge is -2.18. The first-order chi connectivity index (χ1) is 8.43. The number of nitrogens with one attached hydrogen (secondary N) is 1. The molecule has 0 aliphatic carbocycles. The molecule has 18 heavy (non-hydrogen) atoms. The van der Waals surface area contributed by atoms with E-state index in [1.807, 2.05) is 0 Å².